The normalized spacial score (nSPS) is 20.2. The van der Waals surface area contributed by atoms with E-state index in [9.17, 15) is 38.4 Å². The summed E-state index contributed by atoms with van der Waals surface area (Å²) in [5.74, 6) is -5.53. The molecule has 0 radical (unpaired) electrons. The SMILES string of the molecule is CCCCCCCCCCCc1c2nc(c(CCCCCCCCCCC)c3ccc([nH]3)c(-c3ccc(O[C@@H]4O[C@H](COC(C)=O)[C@@H](OC(C)=O)[C@H](OC(C)=O)[C@H]4OC(C)=O)cc3)c3nc(c(-c4ccc(O[C@@H]5O[C@H](COC(C)=O)[C@@H](OC(C)=O)[C@H](OC(C)=O)[C@H]5OC(C)=O)cc4)c4ccc1[nH]4)C=C3)C=C2. The highest BCUT2D eigenvalue weighted by molar-refractivity contribution is 5.96. The van der Waals surface area contributed by atoms with Gasteiger partial charge < -0.3 is 66.8 Å². The minimum Gasteiger partial charge on any atom is -0.463 e. The summed E-state index contributed by atoms with van der Waals surface area (Å²) >= 11 is 0. The van der Waals surface area contributed by atoms with Gasteiger partial charge >= 0.3 is 47.8 Å². The van der Waals surface area contributed by atoms with Gasteiger partial charge in [0.2, 0.25) is 24.8 Å². The van der Waals surface area contributed by atoms with E-state index in [0.717, 1.165) is 137 Å². The first kappa shape index (κ1) is 80.4. The van der Waals surface area contributed by atoms with Crippen LogP contribution in [0.15, 0.2) is 72.8 Å². The zero-order valence-electron chi connectivity index (χ0n) is 62.6. The Morgan fingerprint density at radius 2 is 0.632 bits per heavy atom. The van der Waals surface area contributed by atoms with Crippen LogP contribution >= 0.6 is 0 Å². The van der Waals surface area contributed by atoms with Gasteiger partial charge in [-0.2, -0.15) is 0 Å². The van der Waals surface area contributed by atoms with Crippen LogP contribution in [-0.2, 0) is 98.6 Å². The average molecular weight is 1460 g/mol. The number of aryl methyl sites for hydroxylation is 2. The fourth-order valence-electron chi connectivity index (χ4n) is 13.9. The van der Waals surface area contributed by atoms with E-state index < -0.39 is 122 Å². The minimum atomic E-state index is -1.49. The second-order valence-electron chi connectivity index (χ2n) is 27.3. The predicted molar refractivity (Wildman–Crippen MR) is 397 cm³/mol. The topological polar surface area (TPSA) is 305 Å². The molecule has 570 valence electrons. The third-order valence-corrected chi connectivity index (χ3v) is 18.7. The van der Waals surface area contributed by atoms with Crippen LogP contribution in [0, 0.1) is 0 Å². The van der Waals surface area contributed by atoms with Crippen LogP contribution in [0.4, 0.5) is 0 Å². The molecule has 0 unspecified atom stereocenters. The molecule has 7 heterocycles. The number of hydrogen-bond acceptors (Lipinski definition) is 22. The number of H-pyrrole nitrogens is 2. The Hall–Kier alpha value is -9.68. The standard InChI is InChI=1S/C82H102N4O20/c1-11-13-15-17-19-21-23-25-27-29-61-63-39-40-64(83-63)62(30-28-26-24-22-20-18-16-14-12-2)66-42-44-68(85-66)74(58-33-37-60(38-34-58)104-82-80(102-56(10)94)78(100-54(8)92)76(98-52(6)90)72(106-82)48-96-50(4)88)70-46-45-69(86-70)73(67-43-41-65(61)84-67)57-31-35-59(36-32-57)103-81-79(101-55(9)93)77(99-53(7)91)75(97-51(5)89)71(105-81)47-95-49(3)87/h31-46,71-72,75-82,84-85H,11-30,47-48H2,1-10H3/t71-,72-,75-,76-,77+,78+,79-,80-,81-,82-/m1/s1. The fraction of sp³-hybridized carbons (Fsp3) is 0.512. The quantitative estimate of drug-likeness (QED) is 0.0209. The molecule has 106 heavy (non-hydrogen) atoms. The van der Waals surface area contributed by atoms with Gasteiger partial charge in [0.1, 0.15) is 36.9 Å². The van der Waals surface area contributed by atoms with Crippen molar-refractivity contribution >= 4 is 94.1 Å². The average Bonchev–Trinajstić information content (AvgIpc) is 1.28. The highest BCUT2D eigenvalue weighted by Gasteiger charge is 2.55. The molecule has 4 aliphatic heterocycles. The zero-order valence-corrected chi connectivity index (χ0v) is 62.6. The van der Waals surface area contributed by atoms with Crippen LogP contribution in [0.2, 0.25) is 0 Å². The number of carbonyl (C=O) groups excluding carboxylic acids is 8. The summed E-state index contributed by atoms with van der Waals surface area (Å²) in [5.41, 5.74) is 11.2. The number of ether oxygens (including phenoxy) is 12. The van der Waals surface area contributed by atoms with Gasteiger partial charge in [0.25, 0.3) is 0 Å². The van der Waals surface area contributed by atoms with E-state index in [0.29, 0.717) is 33.6 Å². The number of nitrogens with zero attached hydrogens (tertiary/aromatic N) is 2. The molecule has 10 atom stereocenters. The van der Waals surface area contributed by atoms with Gasteiger partial charge in [-0.25, -0.2) is 9.97 Å². The molecule has 0 aliphatic carbocycles. The first-order valence-electron chi connectivity index (χ1n) is 37.4. The summed E-state index contributed by atoms with van der Waals surface area (Å²) in [4.78, 5) is 119. The number of rotatable bonds is 36. The molecule has 2 N–H and O–H groups in total. The van der Waals surface area contributed by atoms with Crippen LogP contribution in [0.25, 0.3) is 68.6 Å². The smallest absolute Gasteiger partial charge is 0.303 e. The van der Waals surface area contributed by atoms with Crippen molar-refractivity contribution in [1.82, 2.24) is 19.9 Å². The van der Waals surface area contributed by atoms with E-state index in [1.807, 2.05) is 48.6 Å². The molecule has 24 nitrogen and oxygen atoms in total. The third-order valence-electron chi connectivity index (χ3n) is 18.7. The fourth-order valence-corrected chi connectivity index (χ4v) is 13.9. The Bertz CT molecular complexity index is 3850. The lowest BCUT2D eigenvalue weighted by Crippen LogP contribution is -2.63. The van der Waals surface area contributed by atoms with Crippen molar-refractivity contribution in [2.45, 2.75) is 259 Å². The van der Waals surface area contributed by atoms with Gasteiger partial charge in [-0.05, 0) is 110 Å². The third kappa shape index (κ3) is 22.7. The van der Waals surface area contributed by atoms with Gasteiger partial charge in [-0.15, -0.1) is 0 Å². The molecule has 3 aromatic heterocycles. The van der Waals surface area contributed by atoms with Crippen molar-refractivity contribution < 1.29 is 95.2 Å². The Kier molecular flexibility index (Phi) is 30.0. The van der Waals surface area contributed by atoms with Crippen molar-refractivity contribution in [3.8, 4) is 33.8 Å². The van der Waals surface area contributed by atoms with Crippen molar-refractivity contribution in [2.75, 3.05) is 13.2 Å². The lowest BCUT2D eigenvalue weighted by atomic mass is 9.98. The van der Waals surface area contributed by atoms with Crippen molar-refractivity contribution in [1.29, 1.82) is 0 Å². The molecule has 2 aromatic carbocycles. The molecule has 4 aliphatic rings. The van der Waals surface area contributed by atoms with Gasteiger partial charge in [0.05, 0.1) is 22.8 Å². The molecule has 5 aromatic rings. The second kappa shape index (κ2) is 39.6. The molecule has 24 heteroatoms. The summed E-state index contributed by atoms with van der Waals surface area (Å²) in [6, 6.07) is 22.5. The van der Waals surface area contributed by atoms with E-state index in [1.165, 1.54) is 90.9 Å². The van der Waals surface area contributed by atoms with Crippen molar-refractivity contribution in [3.63, 3.8) is 0 Å². The maximum absolute atomic E-state index is 12.8. The van der Waals surface area contributed by atoms with Gasteiger partial charge in [0, 0.05) is 99.7 Å². The molecule has 8 bridgehead atoms. The minimum absolute atomic E-state index is 0.227. The maximum atomic E-state index is 12.8. The number of esters is 8. The monoisotopic (exact) mass is 1460 g/mol. The van der Waals surface area contributed by atoms with Gasteiger partial charge in [-0.3, -0.25) is 38.4 Å². The Morgan fingerprint density at radius 1 is 0.340 bits per heavy atom. The zero-order chi connectivity index (χ0) is 75.8. The Balaban J connectivity index is 1.18. The lowest BCUT2D eigenvalue weighted by Gasteiger charge is -2.43. The molecule has 2 saturated heterocycles. The largest absolute Gasteiger partial charge is 0.463 e. The van der Waals surface area contributed by atoms with Gasteiger partial charge in [0.15, 0.2) is 24.4 Å². The summed E-state index contributed by atoms with van der Waals surface area (Å²) in [6.07, 6.45) is 16.8. The number of fused-ring (bicyclic) bond motifs is 8. The highest BCUT2D eigenvalue weighted by Crippen LogP contribution is 2.40. The van der Waals surface area contributed by atoms with Crippen LogP contribution in [0.5, 0.6) is 11.5 Å². The maximum Gasteiger partial charge on any atom is 0.303 e. The summed E-state index contributed by atoms with van der Waals surface area (Å²) < 4.78 is 70.3. The van der Waals surface area contributed by atoms with Crippen molar-refractivity contribution in [2.24, 2.45) is 0 Å². The molecular weight excluding hydrogens is 1360 g/mol. The molecule has 0 amide bonds. The van der Waals surface area contributed by atoms with Crippen LogP contribution in [-0.4, -0.2) is 142 Å². The first-order chi connectivity index (χ1) is 51.1. The number of benzene rings is 2. The summed E-state index contributed by atoms with van der Waals surface area (Å²) in [5, 5.41) is 0. The molecule has 0 spiro atoms. The molecular formula is C82H102N4O20. The molecule has 9 rings (SSSR count). The van der Waals surface area contributed by atoms with Crippen LogP contribution in [0.1, 0.15) is 219 Å². The van der Waals surface area contributed by atoms with E-state index >= 15 is 0 Å². The first-order valence-corrected chi connectivity index (χ1v) is 37.4. The van der Waals surface area contributed by atoms with E-state index in [4.69, 9.17) is 66.8 Å². The number of aromatic amines is 2. The number of hydrogen-bond donors (Lipinski definition) is 2. The number of nitrogens with one attached hydrogen (secondary N) is 2. The van der Waals surface area contributed by atoms with Crippen LogP contribution < -0.4 is 9.47 Å². The Labute approximate surface area is 619 Å². The number of unbranched alkanes of at least 4 members (excludes halogenated alkanes) is 16. The molecule has 0 saturated carbocycles. The van der Waals surface area contributed by atoms with E-state index in [2.05, 4.69) is 48.1 Å². The van der Waals surface area contributed by atoms with E-state index in [-0.39, 0.29) is 11.5 Å². The predicted octanol–water partition coefficient (Wildman–Crippen LogP) is 15.1. The van der Waals surface area contributed by atoms with Gasteiger partial charge in [-0.1, -0.05) is 141 Å². The van der Waals surface area contributed by atoms with E-state index in [1.54, 1.807) is 24.3 Å². The second-order valence-corrected chi connectivity index (χ2v) is 27.3. The number of carbonyl (C=O) groups is 8. The summed E-state index contributed by atoms with van der Waals surface area (Å²) in [7, 11) is 0. The summed E-state index contributed by atoms with van der Waals surface area (Å²) in [6.45, 7) is 12.9. The van der Waals surface area contributed by atoms with Crippen LogP contribution in [0.3, 0.4) is 0 Å². The lowest BCUT2D eigenvalue weighted by molar-refractivity contribution is -0.288. The van der Waals surface area contributed by atoms with Crippen molar-refractivity contribution in [3.05, 3.63) is 107 Å². The number of aromatic nitrogens is 4. The molecule has 2 fully saturated rings. The highest BCUT2D eigenvalue weighted by atomic mass is 16.7. The Morgan fingerprint density at radius 3 is 0.962 bits per heavy atom.